The minimum absolute atomic E-state index is 0.0565. The molecule has 3 aromatic carbocycles. The molecule has 2 aromatic heterocycles. The van der Waals surface area contributed by atoms with E-state index in [9.17, 15) is 23.0 Å². The van der Waals surface area contributed by atoms with Gasteiger partial charge in [-0.1, -0.05) is 48.5 Å². The average Bonchev–Trinajstić information content (AvgIpc) is 3.61. The molecule has 0 unspecified atom stereocenters. The Balaban J connectivity index is 1.31. The van der Waals surface area contributed by atoms with Gasteiger partial charge in [0.25, 0.3) is 0 Å². The van der Waals surface area contributed by atoms with Crippen LogP contribution in [0.5, 0.6) is 5.75 Å². The lowest BCUT2D eigenvalue weighted by molar-refractivity contribution is -0.274. The quantitative estimate of drug-likeness (QED) is 0.171. The monoisotopic (exact) mass is 629 g/mol. The second-order valence-electron chi connectivity index (χ2n) is 12.6. The summed E-state index contributed by atoms with van der Waals surface area (Å²) in [7, 11) is -1.03. The number of ether oxygens (including phenoxy) is 1. The van der Waals surface area contributed by atoms with Crippen LogP contribution >= 0.6 is 7.14 Å². The Bertz CT molecular complexity index is 2030. The van der Waals surface area contributed by atoms with Crippen molar-refractivity contribution in [2.75, 3.05) is 13.3 Å². The van der Waals surface area contributed by atoms with Crippen molar-refractivity contribution in [3.63, 3.8) is 0 Å². The predicted octanol–water partition coefficient (Wildman–Crippen LogP) is 7.92. The predicted molar refractivity (Wildman–Crippen MR) is 167 cm³/mol. The number of fused-ring (bicyclic) bond motifs is 1. The third kappa shape index (κ3) is 5.23. The minimum atomic E-state index is -4.93. The van der Waals surface area contributed by atoms with Crippen LogP contribution in [0.1, 0.15) is 48.9 Å². The number of nitriles is 1. The maximum atomic E-state index is 13.6. The zero-order chi connectivity index (χ0) is 31.7. The number of hydrogen-bond donors (Lipinski definition) is 0. The number of rotatable bonds is 7. The van der Waals surface area contributed by atoms with Gasteiger partial charge in [-0.2, -0.15) is 10.4 Å². The third-order valence-corrected chi connectivity index (χ3v) is 10.6. The molecule has 0 N–H and O–H groups in total. The highest BCUT2D eigenvalue weighted by atomic mass is 31.2. The van der Waals surface area contributed by atoms with Crippen LogP contribution in [-0.4, -0.2) is 39.0 Å². The van der Waals surface area contributed by atoms with Crippen molar-refractivity contribution < 1.29 is 22.5 Å². The number of alkyl halides is 3. The largest absolute Gasteiger partial charge is 0.573 e. The summed E-state index contributed by atoms with van der Waals surface area (Å²) in [6.45, 7) is 3.02. The molecule has 230 valence electrons. The maximum Gasteiger partial charge on any atom is 0.573 e. The van der Waals surface area contributed by atoms with Gasteiger partial charge in [-0.05, 0) is 62.8 Å². The molecule has 5 aromatic rings. The SMILES string of the molecule is Cn1c(-c2ccc(P(C)(C)=O)cc2OC(F)(F)F)nc(-c2cccc3nn(C4CC(C#N)(c5ccccc5)C4)cc23)c1C1CC1. The van der Waals surface area contributed by atoms with Gasteiger partial charge in [-0.15, -0.1) is 13.2 Å². The van der Waals surface area contributed by atoms with Gasteiger partial charge in [0.1, 0.15) is 18.7 Å². The molecule has 0 aliphatic heterocycles. The molecule has 2 heterocycles. The summed E-state index contributed by atoms with van der Waals surface area (Å²) in [5, 5.41) is 16.1. The van der Waals surface area contributed by atoms with Crippen molar-refractivity contribution in [3.8, 4) is 34.5 Å². The van der Waals surface area contributed by atoms with Gasteiger partial charge in [-0.3, -0.25) is 4.68 Å². The fourth-order valence-corrected chi connectivity index (χ4v) is 7.41. The molecule has 7 rings (SSSR count). The lowest BCUT2D eigenvalue weighted by atomic mass is 9.62. The Morgan fingerprint density at radius 3 is 2.40 bits per heavy atom. The van der Waals surface area contributed by atoms with Crippen LogP contribution in [0.4, 0.5) is 13.2 Å². The topological polar surface area (TPSA) is 85.7 Å². The summed E-state index contributed by atoms with van der Waals surface area (Å²) in [6, 6.07) is 22.6. The molecule has 7 nitrogen and oxygen atoms in total. The van der Waals surface area contributed by atoms with E-state index < -0.39 is 24.7 Å². The van der Waals surface area contributed by atoms with Crippen molar-refractivity contribution in [2.24, 2.45) is 7.05 Å². The van der Waals surface area contributed by atoms with E-state index in [4.69, 9.17) is 10.1 Å². The molecule has 0 saturated heterocycles. The Morgan fingerprint density at radius 2 is 1.76 bits per heavy atom. The van der Waals surface area contributed by atoms with E-state index in [-0.39, 0.29) is 17.5 Å². The highest BCUT2D eigenvalue weighted by Crippen LogP contribution is 2.51. The molecule has 2 aliphatic rings. The van der Waals surface area contributed by atoms with Crippen LogP contribution in [-0.2, 0) is 17.0 Å². The number of aromatic nitrogens is 4. The number of hydrogen-bond acceptors (Lipinski definition) is 5. The van der Waals surface area contributed by atoms with Crippen LogP contribution in [0, 0.1) is 11.3 Å². The van der Waals surface area contributed by atoms with Crippen LogP contribution in [0.3, 0.4) is 0 Å². The molecule has 2 aliphatic carbocycles. The Labute approximate surface area is 258 Å². The normalized spacial score (nSPS) is 20.2. The lowest BCUT2D eigenvalue weighted by Gasteiger charge is -2.42. The number of nitrogens with zero attached hydrogens (tertiary/aromatic N) is 5. The summed E-state index contributed by atoms with van der Waals surface area (Å²) in [6.07, 6.45) is 0.283. The zero-order valence-corrected chi connectivity index (χ0v) is 25.9. The first-order chi connectivity index (χ1) is 21.4. The van der Waals surface area contributed by atoms with Crippen molar-refractivity contribution in [2.45, 2.75) is 49.4 Å². The standard InChI is InChI=1S/C34H31F3N5O2P/c1-41-31(21-12-13-21)30(39-32(41)26-15-14-24(45(2,3)43)16-29(26)44-34(35,36)37)25-10-7-11-28-27(25)19-42(40-28)23-17-33(18-23,20-38)22-8-5-4-6-9-22/h4-11,14-16,19,21,23H,12-13,17-18H2,1-3H3. The fraction of sp³-hybridized carbons (Fsp3) is 0.324. The van der Waals surface area contributed by atoms with Crippen LogP contribution in [0.2, 0.25) is 0 Å². The van der Waals surface area contributed by atoms with Gasteiger partial charge >= 0.3 is 6.36 Å². The molecule has 0 amide bonds. The molecule has 2 saturated carbocycles. The van der Waals surface area contributed by atoms with Gasteiger partial charge < -0.3 is 13.9 Å². The van der Waals surface area contributed by atoms with Crippen molar-refractivity contribution >= 4 is 23.3 Å². The van der Waals surface area contributed by atoms with Gasteiger partial charge in [0, 0.05) is 41.1 Å². The second kappa shape index (κ2) is 10.3. The zero-order valence-electron chi connectivity index (χ0n) is 25.0. The van der Waals surface area contributed by atoms with E-state index in [2.05, 4.69) is 10.8 Å². The first kappa shape index (κ1) is 29.4. The van der Waals surface area contributed by atoms with E-state index in [1.807, 2.05) is 71.0 Å². The van der Waals surface area contributed by atoms with Crippen molar-refractivity contribution in [1.82, 2.24) is 19.3 Å². The summed E-state index contributed by atoms with van der Waals surface area (Å²) < 4.78 is 61.7. The van der Waals surface area contributed by atoms with E-state index in [1.165, 1.54) is 25.5 Å². The Kier molecular flexibility index (Phi) is 6.75. The number of benzene rings is 3. The highest BCUT2D eigenvalue weighted by Gasteiger charge is 2.47. The summed E-state index contributed by atoms with van der Waals surface area (Å²) in [5.74, 6) is 0.133. The minimum Gasteiger partial charge on any atom is -0.405 e. The summed E-state index contributed by atoms with van der Waals surface area (Å²) >= 11 is 0. The van der Waals surface area contributed by atoms with Gasteiger partial charge in [-0.25, -0.2) is 4.98 Å². The maximum absolute atomic E-state index is 13.6. The molecule has 0 radical (unpaired) electrons. The first-order valence-electron chi connectivity index (χ1n) is 14.8. The molecule has 11 heteroatoms. The first-order valence-corrected chi connectivity index (χ1v) is 17.4. The van der Waals surface area contributed by atoms with E-state index in [0.29, 0.717) is 29.7 Å². The fourth-order valence-electron chi connectivity index (χ4n) is 6.55. The summed E-state index contributed by atoms with van der Waals surface area (Å²) in [5.41, 5.74) is 3.91. The summed E-state index contributed by atoms with van der Waals surface area (Å²) in [4.78, 5) is 4.97. The van der Waals surface area contributed by atoms with Gasteiger partial charge in [0.2, 0.25) is 0 Å². The molecule has 0 bridgehead atoms. The molecule has 0 spiro atoms. The number of halogens is 3. The number of imidazole rings is 1. The third-order valence-electron chi connectivity index (χ3n) is 9.06. The molecular weight excluding hydrogens is 598 g/mol. The lowest BCUT2D eigenvalue weighted by Crippen LogP contribution is -2.41. The Hall–Kier alpha value is -4.35. The van der Waals surface area contributed by atoms with E-state index >= 15 is 0 Å². The van der Waals surface area contributed by atoms with Crippen LogP contribution < -0.4 is 10.0 Å². The molecule has 0 atom stereocenters. The second-order valence-corrected chi connectivity index (χ2v) is 15.8. The van der Waals surface area contributed by atoms with Gasteiger partial charge in [0.15, 0.2) is 0 Å². The van der Waals surface area contributed by atoms with Crippen LogP contribution in [0.15, 0.2) is 72.9 Å². The molecule has 45 heavy (non-hydrogen) atoms. The van der Waals surface area contributed by atoms with Gasteiger partial charge in [0.05, 0.1) is 34.3 Å². The molecule has 2 fully saturated rings. The average molecular weight is 630 g/mol. The van der Waals surface area contributed by atoms with E-state index in [0.717, 1.165) is 40.6 Å². The molecular formula is C34H31F3N5O2P. The Morgan fingerprint density at radius 1 is 1.02 bits per heavy atom. The smallest absolute Gasteiger partial charge is 0.405 e. The van der Waals surface area contributed by atoms with Crippen molar-refractivity contribution in [1.29, 1.82) is 5.26 Å². The van der Waals surface area contributed by atoms with Crippen molar-refractivity contribution in [3.05, 3.63) is 84.2 Å². The van der Waals surface area contributed by atoms with Crippen LogP contribution in [0.25, 0.3) is 33.5 Å². The highest BCUT2D eigenvalue weighted by molar-refractivity contribution is 7.70. The van der Waals surface area contributed by atoms with E-state index in [1.54, 1.807) is 6.07 Å².